The summed E-state index contributed by atoms with van der Waals surface area (Å²) in [6, 6.07) is 9.77. The van der Waals surface area contributed by atoms with Gasteiger partial charge in [-0.2, -0.15) is 5.26 Å². The third-order valence-electron chi connectivity index (χ3n) is 3.43. The first-order valence-electron chi connectivity index (χ1n) is 7.89. The van der Waals surface area contributed by atoms with E-state index in [4.69, 9.17) is 0 Å². The molecule has 0 aliphatic heterocycles. The first-order valence-corrected chi connectivity index (χ1v) is 8.70. The summed E-state index contributed by atoms with van der Waals surface area (Å²) in [5.74, 6) is -0.0267. The van der Waals surface area contributed by atoms with Gasteiger partial charge in [0, 0.05) is 6.42 Å². The number of nitrogens with zero attached hydrogens (tertiary/aromatic N) is 3. The van der Waals surface area contributed by atoms with Crippen LogP contribution in [0.4, 0.5) is 5.13 Å². The molecule has 0 atom stereocenters. The van der Waals surface area contributed by atoms with Crippen molar-refractivity contribution in [3.63, 3.8) is 0 Å². The molecule has 0 spiro atoms. The highest BCUT2D eigenvalue weighted by Crippen LogP contribution is 2.19. The fraction of sp³-hybridized carbons (Fsp3) is 0.333. The number of carbonyl (C=O) groups is 1. The number of carbonyl (C=O) groups excluding carboxylic acids is 1. The van der Waals surface area contributed by atoms with Crippen LogP contribution < -0.4 is 5.32 Å². The molecule has 0 saturated carbocycles. The number of benzene rings is 1. The second-order valence-electron chi connectivity index (χ2n) is 5.70. The van der Waals surface area contributed by atoms with Crippen LogP contribution in [0.5, 0.6) is 0 Å². The number of rotatable bonds is 6. The largest absolute Gasteiger partial charge is 0.296 e. The lowest BCUT2D eigenvalue weighted by Crippen LogP contribution is -2.13. The van der Waals surface area contributed by atoms with Crippen LogP contribution in [0.2, 0.25) is 0 Å². The maximum absolute atomic E-state index is 12.2. The first-order chi connectivity index (χ1) is 11.5. The van der Waals surface area contributed by atoms with Crippen molar-refractivity contribution in [1.82, 2.24) is 10.2 Å². The lowest BCUT2D eigenvalue weighted by Gasteiger charge is -2.05. The molecule has 1 N–H and O–H groups in total. The number of aromatic nitrogens is 2. The molecule has 124 valence electrons. The van der Waals surface area contributed by atoms with Gasteiger partial charge in [-0.3, -0.25) is 10.1 Å². The monoisotopic (exact) mass is 340 g/mol. The van der Waals surface area contributed by atoms with Crippen molar-refractivity contribution in [2.45, 2.75) is 39.5 Å². The van der Waals surface area contributed by atoms with E-state index >= 15 is 0 Å². The van der Waals surface area contributed by atoms with Crippen LogP contribution in [0.1, 0.15) is 49.2 Å². The summed E-state index contributed by atoms with van der Waals surface area (Å²) in [5.41, 5.74) is 2.07. The number of aryl methyl sites for hydroxylation is 1. The van der Waals surface area contributed by atoms with E-state index in [1.165, 1.54) is 16.9 Å². The van der Waals surface area contributed by atoms with E-state index in [1.807, 2.05) is 30.3 Å². The van der Waals surface area contributed by atoms with E-state index in [0.717, 1.165) is 23.4 Å². The molecule has 2 aromatic rings. The van der Waals surface area contributed by atoms with Gasteiger partial charge in [-0.15, -0.1) is 10.2 Å². The number of hydrogen-bond donors (Lipinski definition) is 1. The summed E-state index contributed by atoms with van der Waals surface area (Å²) < 4.78 is 0. The van der Waals surface area contributed by atoms with Crippen LogP contribution in [0, 0.1) is 11.3 Å². The SMILES string of the molecule is CCCc1nnc(NC(=O)/C(C#N)=C/c2ccc(C(C)C)cc2)s1. The molecule has 0 bridgehead atoms. The van der Waals surface area contributed by atoms with Gasteiger partial charge in [0.25, 0.3) is 5.91 Å². The number of hydrogen-bond acceptors (Lipinski definition) is 5. The maximum Gasteiger partial charge on any atom is 0.268 e. The second-order valence-corrected chi connectivity index (χ2v) is 6.76. The van der Waals surface area contributed by atoms with E-state index in [0.29, 0.717) is 11.0 Å². The van der Waals surface area contributed by atoms with Crippen molar-refractivity contribution in [3.8, 4) is 6.07 Å². The van der Waals surface area contributed by atoms with Gasteiger partial charge in [0.15, 0.2) is 0 Å². The molecule has 2 rings (SSSR count). The van der Waals surface area contributed by atoms with Gasteiger partial charge < -0.3 is 0 Å². The zero-order chi connectivity index (χ0) is 17.5. The molecular formula is C18H20N4OS. The fourth-order valence-electron chi connectivity index (χ4n) is 2.08. The summed E-state index contributed by atoms with van der Waals surface area (Å²) >= 11 is 1.33. The van der Waals surface area contributed by atoms with Gasteiger partial charge in [-0.05, 0) is 29.5 Å². The minimum absolute atomic E-state index is 0.0412. The molecular weight excluding hydrogens is 320 g/mol. The lowest BCUT2D eigenvalue weighted by atomic mass is 10.0. The second kappa shape index (κ2) is 8.37. The number of amides is 1. The van der Waals surface area contributed by atoms with Crippen LogP contribution in [-0.2, 0) is 11.2 Å². The summed E-state index contributed by atoms with van der Waals surface area (Å²) in [5, 5.41) is 21.1. The van der Waals surface area contributed by atoms with E-state index < -0.39 is 5.91 Å². The Morgan fingerprint density at radius 2 is 2.04 bits per heavy atom. The molecule has 1 aromatic heterocycles. The van der Waals surface area contributed by atoms with Gasteiger partial charge in [0.05, 0.1) is 0 Å². The minimum Gasteiger partial charge on any atom is -0.296 e. The fourth-order valence-corrected chi connectivity index (χ4v) is 2.91. The van der Waals surface area contributed by atoms with Gasteiger partial charge in [0.2, 0.25) is 5.13 Å². The van der Waals surface area contributed by atoms with Crippen molar-refractivity contribution >= 4 is 28.5 Å². The Morgan fingerprint density at radius 1 is 1.33 bits per heavy atom. The molecule has 1 amide bonds. The highest BCUT2D eigenvalue weighted by atomic mass is 32.1. The molecule has 0 unspecified atom stereocenters. The van der Waals surface area contributed by atoms with E-state index in [1.54, 1.807) is 6.08 Å². The standard InChI is InChI=1S/C18H20N4OS/c1-4-5-16-21-22-18(24-16)20-17(23)15(11-19)10-13-6-8-14(9-7-13)12(2)3/h6-10,12H,4-5H2,1-3H3,(H,20,22,23)/b15-10+. The smallest absolute Gasteiger partial charge is 0.268 e. The zero-order valence-corrected chi connectivity index (χ0v) is 14.9. The predicted octanol–water partition coefficient (Wildman–Crippen LogP) is 4.16. The molecule has 0 aliphatic carbocycles. The van der Waals surface area contributed by atoms with Crippen LogP contribution >= 0.6 is 11.3 Å². The molecule has 0 radical (unpaired) electrons. The predicted molar refractivity (Wildman–Crippen MR) is 96.7 cm³/mol. The molecule has 24 heavy (non-hydrogen) atoms. The maximum atomic E-state index is 12.2. The molecule has 6 heteroatoms. The summed E-state index contributed by atoms with van der Waals surface area (Å²) in [4.78, 5) is 12.2. The number of nitrogens with one attached hydrogen (secondary N) is 1. The normalized spacial score (nSPS) is 11.4. The Labute approximate surface area is 146 Å². The minimum atomic E-state index is -0.468. The highest BCUT2D eigenvalue weighted by Gasteiger charge is 2.12. The van der Waals surface area contributed by atoms with Crippen molar-refractivity contribution in [2.24, 2.45) is 0 Å². The summed E-state index contributed by atoms with van der Waals surface area (Å²) in [7, 11) is 0. The topological polar surface area (TPSA) is 78.7 Å². The van der Waals surface area contributed by atoms with Crippen LogP contribution in [0.15, 0.2) is 29.8 Å². The average molecular weight is 340 g/mol. The third-order valence-corrected chi connectivity index (χ3v) is 4.33. The molecule has 5 nitrogen and oxygen atoms in total. The van der Waals surface area contributed by atoms with E-state index in [-0.39, 0.29) is 5.57 Å². The number of nitriles is 1. The van der Waals surface area contributed by atoms with E-state index in [9.17, 15) is 10.1 Å². The zero-order valence-electron chi connectivity index (χ0n) is 14.0. The van der Waals surface area contributed by atoms with Crippen molar-refractivity contribution < 1.29 is 4.79 Å². The van der Waals surface area contributed by atoms with Crippen LogP contribution in [0.25, 0.3) is 6.08 Å². The van der Waals surface area contributed by atoms with Crippen LogP contribution in [0.3, 0.4) is 0 Å². The molecule has 0 fully saturated rings. The first kappa shape index (κ1) is 17.8. The molecule has 1 aromatic carbocycles. The Balaban J connectivity index is 2.11. The van der Waals surface area contributed by atoms with Gasteiger partial charge in [0.1, 0.15) is 16.6 Å². The summed E-state index contributed by atoms with van der Waals surface area (Å²) in [6.07, 6.45) is 3.38. The van der Waals surface area contributed by atoms with Crippen molar-refractivity contribution in [3.05, 3.63) is 46.0 Å². The molecule has 1 heterocycles. The third kappa shape index (κ3) is 4.74. The molecule has 0 aliphatic rings. The van der Waals surface area contributed by atoms with Gasteiger partial charge >= 0.3 is 0 Å². The number of anilines is 1. The summed E-state index contributed by atoms with van der Waals surface area (Å²) in [6.45, 7) is 6.29. The molecule has 0 saturated heterocycles. The quantitative estimate of drug-likeness (QED) is 0.632. The highest BCUT2D eigenvalue weighted by molar-refractivity contribution is 7.15. The Morgan fingerprint density at radius 3 is 2.62 bits per heavy atom. The Hall–Kier alpha value is -2.52. The van der Waals surface area contributed by atoms with Gasteiger partial charge in [-0.25, -0.2) is 0 Å². The Kier molecular flexibility index (Phi) is 6.21. The van der Waals surface area contributed by atoms with Crippen molar-refractivity contribution in [1.29, 1.82) is 5.26 Å². The average Bonchev–Trinajstić information content (AvgIpc) is 3.00. The lowest BCUT2D eigenvalue weighted by molar-refractivity contribution is -0.112. The van der Waals surface area contributed by atoms with E-state index in [2.05, 4.69) is 36.3 Å². The Bertz CT molecular complexity index is 769. The van der Waals surface area contributed by atoms with Gasteiger partial charge in [-0.1, -0.05) is 56.4 Å². The van der Waals surface area contributed by atoms with Crippen LogP contribution in [-0.4, -0.2) is 16.1 Å². The van der Waals surface area contributed by atoms with Crippen molar-refractivity contribution in [2.75, 3.05) is 5.32 Å².